The number of hydrogen-bond donors (Lipinski definition) is 1. The van der Waals surface area contributed by atoms with E-state index in [1.807, 2.05) is 35.2 Å². The number of likely N-dealkylation sites (tertiary alicyclic amines) is 1. The van der Waals surface area contributed by atoms with Crippen LogP contribution in [0.2, 0.25) is 0 Å². The average Bonchev–Trinajstić information content (AvgIpc) is 3.32. The van der Waals surface area contributed by atoms with Crippen LogP contribution in [0.1, 0.15) is 75.1 Å². The van der Waals surface area contributed by atoms with Crippen LogP contribution in [0.4, 0.5) is 0 Å². The number of rotatable bonds is 12. The van der Waals surface area contributed by atoms with Crippen molar-refractivity contribution >= 4 is 11.9 Å². The lowest BCUT2D eigenvalue weighted by Crippen LogP contribution is -2.42. The molecule has 2 aromatic rings. The molecule has 7 nitrogen and oxygen atoms in total. The summed E-state index contributed by atoms with van der Waals surface area (Å²) in [6.07, 6.45) is 4.90. The predicted octanol–water partition coefficient (Wildman–Crippen LogP) is 5.29. The number of carbonyl (C=O) groups is 2. The van der Waals surface area contributed by atoms with Crippen molar-refractivity contribution in [3.63, 3.8) is 0 Å². The van der Waals surface area contributed by atoms with E-state index < -0.39 is 17.9 Å². The van der Waals surface area contributed by atoms with Gasteiger partial charge in [0.25, 0.3) is 0 Å². The van der Waals surface area contributed by atoms with E-state index in [9.17, 15) is 14.7 Å². The molecule has 0 radical (unpaired) electrons. The number of amides is 1. The summed E-state index contributed by atoms with van der Waals surface area (Å²) >= 11 is 0. The van der Waals surface area contributed by atoms with Gasteiger partial charge in [0.15, 0.2) is 11.5 Å². The molecule has 2 heterocycles. The SMILES string of the molecule is CCCCN(CCCC)C(=O)CN1C[C@H](c2ccc3c(c2)OCCO3)[C@H](C(=O)O)[C@H]1c1ccc(CC)cc1. The monoisotopic (exact) mass is 522 g/mol. The molecule has 0 spiro atoms. The van der Waals surface area contributed by atoms with Gasteiger partial charge in [0.05, 0.1) is 12.5 Å². The maximum atomic E-state index is 13.6. The van der Waals surface area contributed by atoms with E-state index in [2.05, 4.69) is 37.8 Å². The van der Waals surface area contributed by atoms with Gasteiger partial charge in [-0.3, -0.25) is 14.5 Å². The van der Waals surface area contributed by atoms with E-state index in [4.69, 9.17) is 9.47 Å². The minimum Gasteiger partial charge on any atom is -0.486 e. The van der Waals surface area contributed by atoms with Gasteiger partial charge < -0.3 is 19.5 Å². The van der Waals surface area contributed by atoms with Gasteiger partial charge in [0.2, 0.25) is 5.91 Å². The molecule has 0 saturated carbocycles. The predicted molar refractivity (Wildman–Crippen MR) is 148 cm³/mol. The number of carboxylic acids is 1. The Bertz CT molecular complexity index is 1080. The standard InChI is InChI=1S/C31H42N2O5/c1-4-7-15-32(16-8-5-2)28(34)21-33-20-25(24-13-14-26-27(19-24)38-18-17-37-26)29(31(35)36)30(33)23-11-9-22(6-3)10-12-23/h9-14,19,25,29-30H,4-8,15-18,20-21H2,1-3H3,(H,35,36)/t25-,29+,30-/m1/s1. The zero-order valence-electron chi connectivity index (χ0n) is 23.0. The van der Waals surface area contributed by atoms with Crippen LogP contribution < -0.4 is 9.47 Å². The van der Waals surface area contributed by atoms with Crippen LogP contribution in [0.5, 0.6) is 11.5 Å². The lowest BCUT2D eigenvalue weighted by Gasteiger charge is -2.30. The van der Waals surface area contributed by atoms with Crippen molar-refractivity contribution in [3.05, 3.63) is 59.2 Å². The quantitative estimate of drug-likeness (QED) is 0.408. The number of carboxylic acid groups (broad SMARTS) is 1. The van der Waals surface area contributed by atoms with Crippen molar-refractivity contribution in [1.29, 1.82) is 0 Å². The van der Waals surface area contributed by atoms with Gasteiger partial charge in [-0.25, -0.2) is 0 Å². The Balaban J connectivity index is 1.68. The van der Waals surface area contributed by atoms with E-state index >= 15 is 0 Å². The van der Waals surface area contributed by atoms with Gasteiger partial charge in [-0.15, -0.1) is 0 Å². The molecule has 0 bridgehead atoms. The van der Waals surface area contributed by atoms with Crippen molar-refractivity contribution in [3.8, 4) is 11.5 Å². The molecule has 1 saturated heterocycles. The molecule has 1 fully saturated rings. The Kier molecular flexibility index (Phi) is 9.67. The molecule has 7 heteroatoms. The highest BCUT2D eigenvalue weighted by Gasteiger charge is 2.48. The largest absolute Gasteiger partial charge is 0.486 e. The first-order chi connectivity index (χ1) is 18.5. The van der Waals surface area contributed by atoms with Crippen LogP contribution in [-0.4, -0.2) is 66.2 Å². The fourth-order valence-corrected chi connectivity index (χ4v) is 5.70. The summed E-state index contributed by atoms with van der Waals surface area (Å²) in [7, 11) is 0. The van der Waals surface area contributed by atoms with Crippen molar-refractivity contribution in [2.45, 2.75) is 64.8 Å². The lowest BCUT2D eigenvalue weighted by atomic mass is 9.82. The first-order valence-corrected chi connectivity index (χ1v) is 14.2. The van der Waals surface area contributed by atoms with Crippen molar-refractivity contribution in [1.82, 2.24) is 9.80 Å². The number of ether oxygens (including phenoxy) is 2. The Morgan fingerprint density at radius 3 is 2.16 bits per heavy atom. The van der Waals surface area contributed by atoms with Crippen LogP contribution in [0.25, 0.3) is 0 Å². The fraction of sp³-hybridized carbons (Fsp3) is 0.548. The maximum Gasteiger partial charge on any atom is 0.309 e. The minimum absolute atomic E-state index is 0.0778. The molecule has 2 aliphatic heterocycles. The summed E-state index contributed by atoms with van der Waals surface area (Å²) in [6.45, 7) is 9.53. The molecule has 1 N–H and O–H groups in total. The van der Waals surface area contributed by atoms with E-state index in [0.717, 1.165) is 56.3 Å². The van der Waals surface area contributed by atoms with Gasteiger partial charge in [-0.2, -0.15) is 0 Å². The summed E-state index contributed by atoms with van der Waals surface area (Å²) in [6, 6.07) is 13.6. The molecule has 1 amide bonds. The highest BCUT2D eigenvalue weighted by Crippen LogP contribution is 2.47. The Morgan fingerprint density at radius 1 is 0.921 bits per heavy atom. The number of fused-ring (bicyclic) bond motifs is 1. The number of nitrogens with zero attached hydrogens (tertiary/aromatic N) is 2. The number of aryl methyl sites for hydroxylation is 1. The smallest absolute Gasteiger partial charge is 0.309 e. The van der Waals surface area contributed by atoms with Gasteiger partial charge in [0, 0.05) is 31.6 Å². The number of carbonyl (C=O) groups excluding carboxylic acids is 1. The van der Waals surface area contributed by atoms with Crippen LogP contribution in [0.3, 0.4) is 0 Å². The first kappa shape index (κ1) is 28.0. The van der Waals surface area contributed by atoms with Crippen LogP contribution >= 0.6 is 0 Å². The molecule has 2 aromatic carbocycles. The number of unbranched alkanes of at least 4 members (excludes halogenated alkanes) is 2. The van der Waals surface area contributed by atoms with Gasteiger partial charge in [-0.1, -0.05) is 63.9 Å². The summed E-state index contributed by atoms with van der Waals surface area (Å²) in [5.74, 6) is -0.413. The molecule has 4 rings (SSSR count). The third-order valence-corrected chi connectivity index (χ3v) is 7.86. The maximum absolute atomic E-state index is 13.6. The zero-order valence-corrected chi connectivity index (χ0v) is 23.0. The number of benzene rings is 2. The van der Waals surface area contributed by atoms with Crippen LogP contribution in [-0.2, 0) is 16.0 Å². The molecular weight excluding hydrogens is 480 g/mol. The van der Waals surface area contributed by atoms with Crippen molar-refractivity contribution in [2.24, 2.45) is 5.92 Å². The first-order valence-electron chi connectivity index (χ1n) is 14.2. The topological polar surface area (TPSA) is 79.3 Å². The van der Waals surface area contributed by atoms with E-state index in [0.29, 0.717) is 31.3 Å². The molecule has 38 heavy (non-hydrogen) atoms. The highest BCUT2D eigenvalue weighted by molar-refractivity contribution is 5.79. The normalized spacial score (nSPS) is 20.9. The molecule has 206 valence electrons. The number of aliphatic carboxylic acids is 1. The average molecular weight is 523 g/mol. The molecule has 0 aromatic heterocycles. The molecule has 2 aliphatic rings. The van der Waals surface area contributed by atoms with Crippen LogP contribution in [0, 0.1) is 5.92 Å². The lowest BCUT2D eigenvalue weighted by molar-refractivity contribution is -0.144. The Labute approximate surface area is 226 Å². The van der Waals surface area contributed by atoms with Gasteiger partial charge in [-0.05, 0) is 48.1 Å². The van der Waals surface area contributed by atoms with E-state index in [1.54, 1.807) is 0 Å². The summed E-state index contributed by atoms with van der Waals surface area (Å²) < 4.78 is 11.5. The third-order valence-electron chi connectivity index (χ3n) is 7.86. The highest BCUT2D eigenvalue weighted by atomic mass is 16.6. The fourth-order valence-electron chi connectivity index (χ4n) is 5.70. The minimum atomic E-state index is -0.849. The molecule has 0 unspecified atom stereocenters. The van der Waals surface area contributed by atoms with Crippen molar-refractivity contribution < 1.29 is 24.2 Å². The van der Waals surface area contributed by atoms with Crippen molar-refractivity contribution in [2.75, 3.05) is 39.4 Å². The molecule has 3 atom stereocenters. The van der Waals surface area contributed by atoms with Crippen LogP contribution in [0.15, 0.2) is 42.5 Å². The second kappa shape index (κ2) is 13.1. The van der Waals surface area contributed by atoms with E-state index in [1.165, 1.54) is 5.56 Å². The third kappa shape index (κ3) is 6.32. The van der Waals surface area contributed by atoms with Gasteiger partial charge >= 0.3 is 5.97 Å². The summed E-state index contributed by atoms with van der Waals surface area (Å²) in [5, 5.41) is 10.5. The number of hydrogen-bond acceptors (Lipinski definition) is 5. The molecule has 0 aliphatic carbocycles. The summed E-state index contributed by atoms with van der Waals surface area (Å²) in [5.41, 5.74) is 3.05. The Hall–Kier alpha value is -3.06. The summed E-state index contributed by atoms with van der Waals surface area (Å²) in [4.78, 5) is 30.5. The Morgan fingerprint density at radius 2 is 1.55 bits per heavy atom. The second-order valence-corrected chi connectivity index (χ2v) is 10.4. The van der Waals surface area contributed by atoms with E-state index in [-0.39, 0.29) is 18.4 Å². The van der Waals surface area contributed by atoms with Gasteiger partial charge in [0.1, 0.15) is 13.2 Å². The second-order valence-electron chi connectivity index (χ2n) is 10.4. The zero-order chi connectivity index (χ0) is 27.1. The molecular formula is C31H42N2O5.